The highest BCUT2D eigenvalue weighted by Crippen LogP contribution is 2.57. The summed E-state index contributed by atoms with van der Waals surface area (Å²) >= 11 is 6.09. The number of hydrogen-bond acceptors (Lipinski definition) is 10. The average molecular weight is 801 g/mol. The zero-order chi connectivity index (χ0) is 39.1. The summed E-state index contributed by atoms with van der Waals surface area (Å²) in [5, 5.41) is 0. The van der Waals surface area contributed by atoms with E-state index in [0.717, 1.165) is 61.4 Å². The summed E-state index contributed by atoms with van der Waals surface area (Å²) in [6.45, 7) is 25.7. The number of benzene rings is 4. The van der Waals surface area contributed by atoms with Crippen LogP contribution in [0.15, 0.2) is 87.7 Å². The summed E-state index contributed by atoms with van der Waals surface area (Å²) in [5.74, 6) is 1.17. The summed E-state index contributed by atoms with van der Waals surface area (Å²) in [6.07, 6.45) is 0. The molecule has 0 aromatic heterocycles. The fourth-order valence-electron chi connectivity index (χ4n) is 6.15. The van der Waals surface area contributed by atoms with E-state index in [1.165, 1.54) is 23.5 Å². The van der Waals surface area contributed by atoms with Gasteiger partial charge in [-0.25, -0.2) is 9.59 Å². The zero-order valence-corrected chi connectivity index (χ0v) is 36.4. The number of rotatable bonds is 0. The number of esters is 2. The molecule has 0 saturated carbocycles. The van der Waals surface area contributed by atoms with Crippen molar-refractivity contribution in [3.05, 3.63) is 70.8 Å². The Hall–Kier alpha value is -3.18. The monoisotopic (exact) mass is 800 g/mol. The molecule has 3 aliphatic rings. The maximum atomic E-state index is 13.8. The molecule has 0 radical (unpaired) electrons. The number of carbonyl (C=O) groups excluding carboxylic acids is 2. The van der Waals surface area contributed by atoms with Crippen LogP contribution >= 0.6 is 47.0 Å². The predicted octanol–water partition coefficient (Wildman–Crippen LogP) is 12.4. The van der Waals surface area contributed by atoms with Gasteiger partial charge in [0.2, 0.25) is 0 Å². The molecule has 0 atom stereocenters. The van der Waals surface area contributed by atoms with Gasteiger partial charge >= 0.3 is 11.9 Å². The van der Waals surface area contributed by atoms with Gasteiger partial charge in [0.15, 0.2) is 24.7 Å². The van der Waals surface area contributed by atoms with E-state index in [9.17, 15) is 9.59 Å². The molecule has 3 heterocycles. The normalized spacial score (nSPS) is 16.0. The molecule has 10 heteroatoms. The third-order valence-corrected chi connectivity index (χ3v) is 13.7. The highest BCUT2D eigenvalue weighted by molar-refractivity contribution is 8.01. The van der Waals surface area contributed by atoms with Crippen molar-refractivity contribution in [3.63, 3.8) is 0 Å². The van der Waals surface area contributed by atoms with Crippen LogP contribution in [0.4, 0.5) is 0 Å². The molecule has 0 fully saturated rings. The van der Waals surface area contributed by atoms with Gasteiger partial charge in [0.25, 0.3) is 0 Å². The minimum absolute atomic E-state index is 0.211. The lowest BCUT2D eigenvalue weighted by Gasteiger charge is -2.26. The number of carbonyl (C=O) groups is 2. The predicted molar refractivity (Wildman–Crippen MR) is 219 cm³/mol. The van der Waals surface area contributed by atoms with Crippen LogP contribution in [0.5, 0.6) is 23.0 Å². The lowest BCUT2D eigenvalue weighted by molar-refractivity contribution is -0.137. The van der Waals surface area contributed by atoms with Gasteiger partial charge in [-0.2, -0.15) is 0 Å². The van der Waals surface area contributed by atoms with E-state index in [-0.39, 0.29) is 34.9 Å². The molecule has 284 valence electrons. The second-order valence-electron chi connectivity index (χ2n) is 18.1. The van der Waals surface area contributed by atoms with Gasteiger partial charge in [-0.15, -0.1) is 0 Å². The largest absolute Gasteiger partial charge is 0.480 e. The van der Waals surface area contributed by atoms with Crippen LogP contribution in [-0.4, -0.2) is 25.2 Å². The molecule has 12 bridgehead atoms. The highest BCUT2D eigenvalue weighted by Gasteiger charge is 2.33. The molecular formula is C44H48O6S4. The van der Waals surface area contributed by atoms with Crippen molar-refractivity contribution in [2.75, 3.05) is 13.2 Å². The Balaban J connectivity index is 1.65. The van der Waals surface area contributed by atoms with E-state index < -0.39 is 11.9 Å². The van der Waals surface area contributed by atoms with Gasteiger partial charge in [-0.1, -0.05) is 130 Å². The van der Waals surface area contributed by atoms with Crippen molar-refractivity contribution in [3.8, 4) is 23.0 Å². The first-order valence-corrected chi connectivity index (χ1v) is 21.4. The van der Waals surface area contributed by atoms with E-state index >= 15 is 0 Å². The Morgan fingerprint density at radius 3 is 0.778 bits per heavy atom. The molecule has 0 saturated heterocycles. The fraction of sp³-hybridized carbons (Fsp3) is 0.409. The maximum Gasteiger partial charge on any atom is 0.349 e. The SMILES string of the molecule is CC(C)(C)c1cc2c3c(c1)Sc1cc(C(C)(C)C)cc4c1OC(=O)COc1c(cc(C(C)(C)C)cc1Sc1cc(C(C)(C)C)cc(c1OC(=O)CO3)S2)S4. The van der Waals surface area contributed by atoms with Gasteiger partial charge in [-0.05, 0) is 92.4 Å². The minimum atomic E-state index is -0.487. The van der Waals surface area contributed by atoms with Crippen molar-refractivity contribution in [1.29, 1.82) is 0 Å². The molecule has 0 aliphatic carbocycles. The average Bonchev–Trinajstić information content (AvgIpc) is 3.15. The van der Waals surface area contributed by atoms with Crippen LogP contribution in [0.1, 0.15) is 105 Å². The van der Waals surface area contributed by atoms with E-state index in [0.29, 0.717) is 23.0 Å². The van der Waals surface area contributed by atoms with Crippen LogP contribution in [0.3, 0.4) is 0 Å². The summed E-state index contributed by atoms with van der Waals surface area (Å²) in [6, 6.07) is 17.2. The summed E-state index contributed by atoms with van der Waals surface area (Å²) in [5.41, 5.74) is 3.54. The molecule has 4 aromatic rings. The molecule has 7 rings (SSSR count). The quantitative estimate of drug-likeness (QED) is 0.112. The standard InChI is InChI=1S/C44H48O6S4/c1-41(2,3)23-13-27-37-29(15-23)53-33-19-26(44(10,11)12)18-32-40(33)50-36(46)22-48-38-28(52-32)14-24(42(4,5)6)16-30(38)54-34-20-25(43(7,8)9)17-31(51-27)39(34)49-35(45)21-47-37/h13-20H,21-22H2,1-12H3. The van der Waals surface area contributed by atoms with E-state index in [1.54, 1.807) is 23.5 Å². The highest BCUT2D eigenvalue weighted by atomic mass is 32.2. The molecule has 0 N–H and O–H groups in total. The van der Waals surface area contributed by atoms with Gasteiger partial charge < -0.3 is 18.9 Å². The zero-order valence-electron chi connectivity index (χ0n) is 33.1. The topological polar surface area (TPSA) is 71.1 Å². The van der Waals surface area contributed by atoms with Crippen molar-refractivity contribution in [2.45, 2.75) is 144 Å². The summed E-state index contributed by atoms with van der Waals surface area (Å²) in [7, 11) is 0. The van der Waals surface area contributed by atoms with Crippen LogP contribution in [-0.2, 0) is 31.2 Å². The van der Waals surface area contributed by atoms with Crippen molar-refractivity contribution in [1.82, 2.24) is 0 Å². The van der Waals surface area contributed by atoms with Crippen LogP contribution < -0.4 is 18.9 Å². The first-order valence-electron chi connectivity index (χ1n) is 18.2. The molecule has 0 amide bonds. The van der Waals surface area contributed by atoms with E-state index in [4.69, 9.17) is 18.9 Å². The van der Waals surface area contributed by atoms with E-state index in [1.807, 2.05) is 0 Å². The van der Waals surface area contributed by atoms with Gasteiger partial charge in [0, 0.05) is 0 Å². The van der Waals surface area contributed by atoms with Crippen molar-refractivity contribution in [2.24, 2.45) is 0 Å². The van der Waals surface area contributed by atoms with Crippen LogP contribution in [0.25, 0.3) is 0 Å². The lowest BCUT2D eigenvalue weighted by atomic mass is 9.87. The third-order valence-electron chi connectivity index (χ3n) is 9.53. The smallest absolute Gasteiger partial charge is 0.349 e. The van der Waals surface area contributed by atoms with Gasteiger partial charge in [0.05, 0.1) is 39.2 Å². The van der Waals surface area contributed by atoms with Crippen molar-refractivity contribution < 1.29 is 28.5 Å². The van der Waals surface area contributed by atoms with Crippen LogP contribution in [0.2, 0.25) is 0 Å². The molecule has 54 heavy (non-hydrogen) atoms. The summed E-state index contributed by atoms with van der Waals surface area (Å²) < 4.78 is 25.5. The molecule has 0 spiro atoms. The van der Waals surface area contributed by atoms with Crippen LogP contribution in [0, 0.1) is 0 Å². The summed E-state index contributed by atoms with van der Waals surface area (Å²) in [4.78, 5) is 34.1. The van der Waals surface area contributed by atoms with Gasteiger partial charge in [0.1, 0.15) is 11.5 Å². The number of hydrogen-bond donors (Lipinski definition) is 0. The molecule has 3 aliphatic heterocycles. The van der Waals surface area contributed by atoms with E-state index in [2.05, 4.69) is 132 Å². The maximum absolute atomic E-state index is 13.8. The molecular weight excluding hydrogens is 753 g/mol. The Labute approximate surface area is 336 Å². The Kier molecular flexibility index (Phi) is 9.97. The Morgan fingerprint density at radius 1 is 0.370 bits per heavy atom. The lowest BCUT2D eigenvalue weighted by Crippen LogP contribution is -2.20. The molecule has 4 aromatic carbocycles. The first kappa shape index (κ1) is 39.1. The number of ether oxygens (including phenoxy) is 4. The Morgan fingerprint density at radius 2 is 0.574 bits per heavy atom. The second-order valence-corrected chi connectivity index (χ2v) is 22.5. The van der Waals surface area contributed by atoms with Crippen molar-refractivity contribution >= 4 is 59.0 Å². The third kappa shape index (κ3) is 7.91. The fourth-order valence-corrected chi connectivity index (χ4v) is 10.9. The Bertz CT molecular complexity index is 2060. The molecule has 0 unspecified atom stereocenters. The minimum Gasteiger partial charge on any atom is -0.480 e. The molecule has 6 nitrogen and oxygen atoms in total. The second kappa shape index (κ2) is 13.8. The van der Waals surface area contributed by atoms with Gasteiger partial charge in [-0.3, -0.25) is 0 Å². The first-order chi connectivity index (χ1) is 25.0.